The minimum atomic E-state index is -3.64. The molecule has 1 fully saturated rings. The molecule has 0 unspecified atom stereocenters. The molecular formula is C23H30N2O5S. The standard InChI is InChI=1S/C23H30N2O5S/c1-17-8-7-9-21(18(17)2)30-15-12-24-23(26)20-16-19(10-11-22(20)29-3)31(27,28)25-13-5-4-6-14-25/h7-11,16H,4-6,12-15H2,1-3H3,(H,24,26). The molecule has 0 aliphatic carbocycles. The van der Waals surface area contributed by atoms with Crippen molar-refractivity contribution in [1.29, 1.82) is 0 Å². The summed E-state index contributed by atoms with van der Waals surface area (Å²) in [6, 6.07) is 10.2. The number of ether oxygens (including phenoxy) is 2. The molecular weight excluding hydrogens is 416 g/mol. The van der Waals surface area contributed by atoms with Crippen LogP contribution >= 0.6 is 0 Å². The Morgan fingerprint density at radius 2 is 1.81 bits per heavy atom. The van der Waals surface area contributed by atoms with Gasteiger partial charge in [-0.05, 0) is 62.1 Å². The number of amides is 1. The number of methoxy groups -OCH3 is 1. The van der Waals surface area contributed by atoms with Gasteiger partial charge in [0.25, 0.3) is 5.91 Å². The average molecular weight is 447 g/mol. The molecule has 1 saturated heterocycles. The second kappa shape index (κ2) is 10.2. The van der Waals surface area contributed by atoms with Crippen molar-refractivity contribution in [1.82, 2.24) is 9.62 Å². The van der Waals surface area contributed by atoms with Crippen molar-refractivity contribution in [3.8, 4) is 11.5 Å². The summed E-state index contributed by atoms with van der Waals surface area (Å²) in [6.07, 6.45) is 2.73. The number of hydrogen-bond acceptors (Lipinski definition) is 5. The summed E-state index contributed by atoms with van der Waals surface area (Å²) in [5, 5.41) is 2.78. The summed E-state index contributed by atoms with van der Waals surface area (Å²) in [7, 11) is -2.19. The highest BCUT2D eigenvalue weighted by Crippen LogP contribution is 2.26. The summed E-state index contributed by atoms with van der Waals surface area (Å²) >= 11 is 0. The first-order valence-electron chi connectivity index (χ1n) is 10.5. The van der Waals surface area contributed by atoms with Crippen LogP contribution in [-0.4, -0.2) is 52.0 Å². The van der Waals surface area contributed by atoms with E-state index in [1.54, 1.807) is 0 Å². The highest BCUT2D eigenvalue weighted by molar-refractivity contribution is 7.89. The zero-order valence-corrected chi connectivity index (χ0v) is 19.1. The number of carbonyl (C=O) groups excluding carboxylic acids is 1. The number of benzene rings is 2. The van der Waals surface area contributed by atoms with Crippen LogP contribution in [0.2, 0.25) is 0 Å². The van der Waals surface area contributed by atoms with E-state index >= 15 is 0 Å². The first-order chi connectivity index (χ1) is 14.8. The molecule has 0 aromatic heterocycles. The maximum absolute atomic E-state index is 13.0. The number of nitrogens with zero attached hydrogens (tertiary/aromatic N) is 1. The van der Waals surface area contributed by atoms with E-state index in [0.717, 1.165) is 36.1 Å². The Morgan fingerprint density at radius 1 is 1.06 bits per heavy atom. The van der Waals surface area contributed by atoms with Gasteiger partial charge in [0.1, 0.15) is 18.1 Å². The number of nitrogens with one attached hydrogen (secondary N) is 1. The predicted octanol–water partition coefficient (Wildman–Crippen LogP) is 3.30. The van der Waals surface area contributed by atoms with Gasteiger partial charge in [-0.2, -0.15) is 4.31 Å². The van der Waals surface area contributed by atoms with E-state index in [2.05, 4.69) is 5.32 Å². The van der Waals surface area contributed by atoms with Gasteiger partial charge < -0.3 is 14.8 Å². The molecule has 31 heavy (non-hydrogen) atoms. The monoisotopic (exact) mass is 446 g/mol. The van der Waals surface area contributed by atoms with Gasteiger partial charge in [0.15, 0.2) is 0 Å². The van der Waals surface area contributed by atoms with Crippen LogP contribution in [0.5, 0.6) is 11.5 Å². The smallest absolute Gasteiger partial charge is 0.255 e. The second-order valence-electron chi connectivity index (χ2n) is 7.63. The topological polar surface area (TPSA) is 84.9 Å². The van der Waals surface area contributed by atoms with Crippen molar-refractivity contribution < 1.29 is 22.7 Å². The molecule has 3 rings (SSSR count). The number of hydrogen-bond donors (Lipinski definition) is 1. The van der Waals surface area contributed by atoms with Crippen molar-refractivity contribution in [2.45, 2.75) is 38.0 Å². The van der Waals surface area contributed by atoms with E-state index in [1.807, 2.05) is 32.0 Å². The molecule has 1 aliphatic rings. The lowest BCUT2D eigenvalue weighted by Gasteiger charge is -2.26. The van der Waals surface area contributed by atoms with E-state index in [0.29, 0.717) is 25.4 Å². The molecule has 0 bridgehead atoms. The molecule has 2 aromatic carbocycles. The Bertz CT molecular complexity index is 1030. The van der Waals surface area contributed by atoms with Gasteiger partial charge in [-0.25, -0.2) is 8.42 Å². The van der Waals surface area contributed by atoms with E-state index in [-0.39, 0.29) is 17.0 Å². The van der Waals surface area contributed by atoms with Gasteiger partial charge in [0, 0.05) is 13.1 Å². The molecule has 7 nitrogen and oxygen atoms in total. The minimum absolute atomic E-state index is 0.104. The highest BCUT2D eigenvalue weighted by Gasteiger charge is 2.27. The zero-order valence-electron chi connectivity index (χ0n) is 18.3. The van der Waals surface area contributed by atoms with Gasteiger partial charge in [0.05, 0.1) is 24.1 Å². The van der Waals surface area contributed by atoms with Crippen LogP contribution in [0.1, 0.15) is 40.7 Å². The van der Waals surface area contributed by atoms with E-state index < -0.39 is 15.9 Å². The fourth-order valence-electron chi connectivity index (χ4n) is 3.58. The van der Waals surface area contributed by atoms with E-state index in [4.69, 9.17) is 9.47 Å². The van der Waals surface area contributed by atoms with Gasteiger partial charge in [0.2, 0.25) is 10.0 Å². The lowest BCUT2D eigenvalue weighted by molar-refractivity contribution is 0.0943. The third kappa shape index (κ3) is 5.37. The van der Waals surface area contributed by atoms with Gasteiger partial charge in [-0.1, -0.05) is 18.6 Å². The molecule has 168 valence electrons. The average Bonchev–Trinajstić information content (AvgIpc) is 2.79. The zero-order chi connectivity index (χ0) is 22.4. The number of sulfonamides is 1. The lowest BCUT2D eigenvalue weighted by atomic mass is 10.1. The SMILES string of the molecule is COc1ccc(S(=O)(=O)N2CCCCC2)cc1C(=O)NCCOc1cccc(C)c1C. The largest absolute Gasteiger partial charge is 0.496 e. The molecule has 1 heterocycles. The Kier molecular flexibility index (Phi) is 7.56. The fraction of sp³-hybridized carbons (Fsp3) is 0.435. The fourth-order valence-corrected chi connectivity index (χ4v) is 5.12. The molecule has 0 atom stereocenters. The van der Waals surface area contributed by atoms with Crippen LogP contribution in [0.25, 0.3) is 0 Å². The predicted molar refractivity (Wildman–Crippen MR) is 119 cm³/mol. The molecule has 1 aliphatic heterocycles. The van der Waals surface area contributed by atoms with Gasteiger partial charge in [-0.15, -0.1) is 0 Å². The number of aryl methyl sites for hydroxylation is 1. The van der Waals surface area contributed by atoms with Gasteiger partial charge >= 0.3 is 0 Å². The lowest BCUT2D eigenvalue weighted by Crippen LogP contribution is -2.35. The molecule has 8 heteroatoms. The van der Waals surface area contributed by atoms with Crippen LogP contribution in [-0.2, 0) is 10.0 Å². The van der Waals surface area contributed by atoms with Crippen molar-refractivity contribution in [2.75, 3.05) is 33.4 Å². The Morgan fingerprint density at radius 3 is 2.52 bits per heavy atom. The molecule has 2 aromatic rings. The highest BCUT2D eigenvalue weighted by atomic mass is 32.2. The van der Waals surface area contributed by atoms with Crippen LogP contribution in [0, 0.1) is 13.8 Å². The number of rotatable bonds is 8. The normalized spacial score (nSPS) is 14.8. The number of piperidine rings is 1. The van der Waals surface area contributed by atoms with Crippen LogP contribution in [0.4, 0.5) is 0 Å². The van der Waals surface area contributed by atoms with Crippen molar-refractivity contribution in [2.24, 2.45) is 0 Å². The molecule has 0 radical (unpaired) electrons. The molecule has 0 saturated carbocycles. The minimum Gasteiger partial charge on any atom is -0.496 e. The van der Waals surface area contributed by atoms with E-state index in [9.17, 15) is 13.2 Å². The summed E-state index contributed by atoms with van der Waals surface area (Å²) < 4.78 is 38.5. The Balaban J connectivity index is 1.68. The summed E-state index contributed by atoms with van der Waals surface area (Å²) in [5.74, 6) is 0.698. The summed E-state index contributed by atoms with van der Waals surface area (Å²) in [4.78, 5) is 12.9. The quantitative estimate of drug-likeness (QED) is 0.629. The first kappa shape index (κ1) is 23.1. The third-order valence-corrected chi connectivity index (χ3v) is 7.46. The Labute approximate surface area is 184 Å². The summed E-state index contributed by atoms with van der Waals surface area (Å²) in [5.41, 5.74) is 2.39. The maximum atomic E-state index is 13.0. The van der Waals surface area contributed by atoms with E-state index in [1.165, 1.54) is 29.6 Å². The maximum Gasteiger partial charge on any atom is 0.255 e. The number of carbonyl (C=O) groups is 1. The van der Waals surface area contributed by atoms with Crippen LogP contribution in [0.15, 0.2) is 41.3 Å². The molecule has 1 amide bonds. The first-order valence-corrected chi connectivity index (χ1v) is 11.9. The molecule has 1 N–H and O–H groups in total. The third-order valence-electron chi connectivity index (χ3n) is 5.57. The second-order valence-corrected chi connectivity index (χ2v) is 9.57. The van der Waals surface area contributed by atoms with Crippen molar-refractivity contribution in [3.05, 3.63) is 53.1 Å². The van der Waals surface area contributed by atoms with Crippen molar-refractivity contribution in [3.63, 3.8) is 0 Å². The van der Waals surface area contributed by atoms with Crippen molar-refractivity contribution >= 4 is 15.9 Å². The van der Waals surface area contributed by atoms with Gasteiger partial charge in [-0.3, -0.25) is 4.79 Å². The molecule has 0 spiro atoms. The summed E-state index contributed by atoms with van der Waals surface area (Å²) in [6.45, 7) is 5.59. The Hall–Kier alpha value is -2.58. The van der Waals surface area contributed by atoms with Crippen LogP contribution in [0.3, 0.4) is 0 Å². The van der Waals surface area contributed by atoms with Crippen LogP contribution < -0.4 is 14.8 Å².